The molecule has 1 aromatic carbocycles. The molecule has 0 spiro atoms. The third-order valence-electron chi connectivity index (χ3n) is 3.10. The highest BCUT2D eigenvalue weighted by molar-refractivity contribution is 5.94. The number of benzene rings is 1. The van der Waals surface area contributed by atoms with Crippen molar-refractivity contribution in [1.29, 1.82) is 5.41 Å². The Balaban J connectivity index is 2.02. The Labute approximate surface area is 90.4 Å². The lowest BCUT2D eigenvalue weighted by Gasteiger charge is -2.38. The van der Waals surface area contributed by atoms with Crippen LogP contribution in [0.1, 0.15) is 24.0 Å². The molecule has 3 heteroatoms. The van der Waals surface area contributed by atoms with Crippen LogP contribution < -0.4 is 5.73 Å². The van der Waals surface area contributed by atoms with Gasteiger partial charge in [0.05, 0.1) is 0 Å². The molecule has 2 rings (SSSR count). The molecule has 0 aromatic heterocycles. The molecule has 1 aromatic rings. The fourth-order valence-corrected chi connectivity index (χ4v) is 1.97. The summed E-state index contributed by atoms with van der Waals surface area (Å²) in [5.74, 6) is 0.816. The van der Waals surface area contributed by atoms with Crippen molar-refractivity contribution in [2.24, 2.45) is 5.73 Å². The Bertz CT molecular complexity index is 350. The van der Waals surface area contributed by atoms with Gasteiger partial charge in [0.25, 0.3) is 0 Å². The molecule has 1 heterocycles. The van der Waals surface area contributed by atoms with Gasteiger partial charge in [-0.2, -0.15) is 0 Å². The molecule has 0 aliphatic carbocycles. The highest BCUT2D eigenvalue weighted by Crippen LogP contribution is 2.26. The van der Waals surface area contributed by atoms with E-state index in [4.69, 9.17) is 11.1 Å². The largest absolute Gasteiger partial charge is 0.384 e. The number of rotatable bonds is 3. The average Bonchev–Trinajstić information content (AvgIpc) is 2.17. The number of amidine groups is 1. The topological polar surface area (TPSA) is 53.1 Å². The fraction of sp³-hybridized carbons (Fsp3) is 0.417. The second-order valence-electron chi connectivity index (χ2n) is 4.08. The van der Waals surface area contributed by atoms with Gasteiger partial charge in [-0.25, -0.2) is 0 Å². The zero-order valence-corrected chi connectivity index (χ0v) is 9.03. The number of hydrogen-bond donors (Lipinski definition) is 2. The molecule has 1 fully saturated rings. The molecule has 3 N–H and O–H groups in total. The third-order valence-corrected chi connectivity index (χ3v) is 3.10. The Morgan fingerprint density at radius 2 is 2.00 bits per heavy atom. The predicted octanol–water partition coefficient (Wildman–Crippen LogP) is 1.39. The van der Waals surface area contributed by atoms with Gasteiger partial charge in [0, 0.05) is 24.6 Å². The zero-order valence-electron chi connectivity index (χ0n) is 9.03. The van der Waals surface area contributed by atoms with Crippen LogP contribution in [-0.4, -0.2) is 30.4 Å². The predicted molar refractivity (Wildman–Crippen MR) is 62.3 cm³/mol. The van der Waals surface area contributed by atoms with Crippen LogP contribution >= 0.6 is 0 Å². The second-order valence-corrected chi connectivity index (χ2v) is 4.08. The highest BCUT2D eigenvalue weighted by atomic mass is 15.2. The standard InChI is InChI=1S/C12H17N3/c1-2-15-7-11(8-15)9-3-5-10(6-4-9)12(13)14/h3-6,11H,2,7-8H2,1H3,(H3,13,14). The van der Waals surface area contributed by atoms with E-state index in [2.05, 4.69) is 24.0 Å². The van der Waals surface area contributed by atoms with E-state index in [1.54, 1.807) is 0 Å². The summed E-state index contributed by atoms with van der Waals surface area (Å²) in [6, 6.07) is 8.06. The van der Waals surface area contributed by atoms with Gasteiger partial charge in [-0.15, -0.1) is 0 Å². The summed E-state index contributed by atoms with van der Waals surface area (Å²) in [6.07, 6.45) is 0. The van der Waals surface area contributed by atoms with Crippen LogP contribution in [0.3, 0.4) is 0 Å². The van der Waals surface area contributed by atoms with E-state index in [1.165, 1.54) is 5.56 Å². The SMILES string of the molecule is CCN1CC(c2ccc(C(=N)N)cc2)C1. The van der Waals surface area contributed by atoms with Crippen molar-refractivity contribution in [3.63, 3.8) is 0 Å². The molecule has 0 saturated carbocycles. The summed E-state index contributed by atoms with van der Waals surface area (Å²) in [4.78, 5) is 2.42. The smallest absolute Gasteiger partial charge is 0.122 e. The minimum Gasteiger partial charge on any atom is -0.384 e. The first-order valence-electron chi connectivity index (χ1n) is 5.37. The zero-order chi connectivity index (χ0) is 10.8. The average molecular weight is 203 g/mol. The van der Waals surface area contributed by atoms with Gasteiger partial charge in [-0.1, -0.05) is 31.2 Å². The van der Waals surface area contributed by atoms with E-state index in [0.717, 1.165) is 25.2 Å². The summed E-state index contributed by atoms with van der Waals surface area (Å²) >= 11 is 0. The summed E-state index contributed by atoms with van der Waals surface area (Å²) < 4.78 is 0. The second kappa shape index (κ2) is 4.03. The summed E-state index contributed by atoms with van der Waals surface area (Å²) in [5.41, 5.74) is 7.58. The van der Waals surface area contributed by atoms with Crippen molar-refractivity contribution >= 4 is 5.84 Å². The molecular weight excluding hydrogens is 186 g/mol. The maximum atomic E-state index is 7.30. The van der Waals surface area contributed by atoms with Gasteiger partial charge in [0.15, 0.2) is 0 Å². The lowest BCUT2D eigenvalue weighted by molar-refractivity contribution is 0.157. The molecule has 1 saturated heterocycles. The number of nitrogens with zero attached hydrogens (tertiary/aromatic N) is 1. The van der Waals surface area contributed by atoms with E-state index >= 15 is 0 Å². The van der Waals surface area contributed by atoms with Gasteiger partial charge in [-0.05, 0) is 12.1 Å². The number of nitrogens with one attached hydrogen (secondary N) is 1. The summed E-state index contributed by atoms with van der Waals surface area (Å²) in [6.45, 7) is 5.66. The van der Waals surface area contributed by atoms with Crippen LogP contribution in [0.2, 0.25) is 0 Å². The van der Waals surface area contributed by atoms with Crippen LogP contribution in [0.15, 0.2) is 24.3 Å². The number of likely N-dealkylation sites (N-methyl/N-ethyl adjacent to an activating group) is 1. The molecule has 0 bridgehead atoms. The molecule has 0 radical (unpaired) electrons. The van der Waals surface area contributed by atoms with Gasteiger partial charge < -0.3 is 10.6 Å². The molecule has 1 aliphatic rings. The quantitative estimate of drug-likeness (QED) is 0.576. The summed E-state index contributed by atoms with van der Waals surface area (Å²) in [7, 11) is 0. The number of hydrogen-bond acceptors (Lipinski definition) is 2. The normalized spacial score (nSPS) is 17.4. The van der Waals surface area contributed by atoms with E-state index in [1.807, 2.05) is 12.1 Å². The Morgan fingerprint density at radius 1 is 1.40 bits per heavy atom. The van der Waals surface area contributed by atoms with Crippen molar-refractivity contribution in [1.82, 2.24) is 4.90 Å². The van der Waals surface area contributed by atoms with Crippen LogP contribution in [0, 0.1) is 5.41 Å². The molecule has 0 amide bonds. The minimum atomic E-state index is 0.144. The third kappa shape index (κ3) is 2.02. The molecular formula is C12H17N3. The Hall–Kier alpha value is -1.35. The molecule has 80 valence electrons. The maximum Gasteiger partial charge on any atom is 0.122 e. The first kappa shape index (κ1) is 10.2. The maximum absolute atomic E-state index is 7.30. The lowest BCUT2D eigenvalue weighted by Crippen LogP contribution is -2.44. The van der Waals surface area contributed by atoms with Gasteiger partial charge in [-0.3, -0.25) is 5.41 Å². The molecule has 0 unspecified atom stereocenters. The minimum absolute atomic E-state index is 0.144. The van der Waals surface area contributed by atoms with Gasteiger partial charge >= 0.3 is 0 Å². The molecule has 1 aliphatic heterocycles. The first-order valence-corrected chi connectivity index (χ1v) is 5.37. The Kier molecular flexibility index (Phi) is 2.73. The van der Waals surface area contributed by atoms with E-state index < -0.39 is 0 Å². The lowest BCUT2D eigenvalue weighted by atomic mass is 9.91. The number of nitrogens with two attached hydrogens (primary N) is 1. The Morgan fingerprint density at radius 3 is 2.47 bits per heavy atom. The van der Waals surface area contributed by atoms with Gasteiger partial charge in [0.2, 0.25) is 0 Å². The van der Waals surface area contributed by atoms with E-state index in [-0.39, 0.29) is 5.84 Å². The van der Waals surface area contributed by atoms with Crippen molar-refractivity contribution in [2.45, 2.75) is 12.8 Å². The van der Waals surface area contributed by atoms with Crippen molar-refractivity contribution in [2.75, 3.05) is 19.6 Å². The highest BCUT2D eigenvalue weighted by Gasteiger charge is 2.26. The van der Waals surface area contributed by atoms with Crippen LogP contribution in [0.25, 0.3) is 0 Å². The monoisotopic (exact) mass is 203 g/mol. The fourth-order valence-electron chi connectivity index (χ4n) is 1.97. The molecule has 3 nitrogen and oxygen atoms in total. The van der Waals surface area contributed by atoms with Crippen molar-refractivity contribution in [3.8, 4) is 0 Å². The van der Waals surface area contributed by atoms with Crippen molar-refractivity contribution < 1.29 is 0 Å². The molecule has 15 heavy (non-hydrogen) atoms. The van der Waals surface area contributed by atoms with E-state index in [0.29, 0.717) is 5.92 Å². The van der Waals surface area contributed by atoms with Gasteiger partial charge in [0.1, 0.15) is 5.84 Å². The van der Waals surface area contributed by atoms with Crippen LogP contribution in [0.4, 0.5) is 0 Å². The van der Waals surface area contributed by atoms with Crippen molar-refractivity contribution in [3.05, 3.63) is 35.4 Å². The van der Waals surface area contributed by atoms with Crippen LogP contribution in [0.5, 0.6) is 0 Å². The molecule has 0 atom stereocenters. The van der Waals surface area contributed by atoms with Crippen LogP contribution in [-0.2, 0) is 0 Å². The summed E-state index contributed by atoms with van der Waals surface area (Å²) in [5, 5.41) is 7.30. The first-order chi connectivity index (χ1) is 7.20. The number of nitrogen functional groups attached to an aromatic ring is 1. The number of likely N-dealkylation sites (tertiary alicyclic amines) is 1. The van der Waals surface area contributed by atoms with E-state index in [9.17, 15) is 0 Å².